The molecular formula is C9H15NO2SZn. The Bertz CT molecular complexity index is 241. The van der Waals surface area contributed by atoms with Crippen LogP contribution in [0, 0.1) is 0 Å². The van der Waals surface area contributed by atoms with E-state index < -0.39 is 6.09 Å². The van der Waals surface area contributed by atoms with Gasteiger partial charge < -0.3 is 10.8 Å². The van der Waals surface area contributed by atoms with Gasteiger partial charge in [0.15, 0.2) is 0 Å². The van der Waals surface area contributed by atoms with E-state index in [0.29, 0.717) is 0 Å². The summed E-state index contributed by atoms with van der Waals surface area (Å²) < 4.78 is 0. The normalized spacial score (nSPS) is 8.14. The standard InChI is InChI=1S/C8H12S.CH3NO2.Zn/c1-3-7-5-6-9-8(7)4-2;2-1(3)4;/h5-6H,3-4H2,1-2H3;2H2,(H,3,4);. The van der Waals surface area contributed by atoms with Crippen molar-refractivity contribution < 1.29 is 29.4 Å². The van der Waals surface area contributed by atoms with Crippen LogP contribution in [0.1, 0.15) is 24.3 Å². The van der Waals surface area contributed by atoms with Crippen molar-refractivity contribution in [1.29, 1.82) is 0 Å². The third-order valence-corrected chi connectivity index (χ3v) is 2.65. The Morgan fingerprint density at radius 3 is 2.29 bits per heavy atom. The summed E-state index contributed by atoms with van der Waals surface area (Å²) >= 11 is 1.87. The van der Waals surface area contributed by atoms with Gasteiger partial charge in [-0.25, -0.2) is 4.79 Å². The van der Waals surface area contributed by atoms with E-state index in [1.54, 1.807) is 4.88 Å². The molecule has 3 N–H and O–H groups in total. The van der Waals surface area contributed by atoms with Gasteiger partial charge in [-0.1, -0.05) is 13.8 Å². The van der Waals surface area contributed by atoms with E-state index in [1.165, 1.54) is 18.4 Å². The fraction of sp³-hybridized carbons (Fsp3) is 0.444. The van der Waals surface area contributed by atoms with Gasteiger partial charge in [0.25, 0.3) is 0 Å². The van der Waals surface area contributed by atoms with Gasteiger partial charge in [-0.15, -0.1) is 11.3 Å². The Hall–Kier alpha value is -0.407. The van der Waals surface area contributed by atoms with Gasteiger partial charge in [0.1, 0.15) is 0 Å². The molecule has 0 saturated carbocycles. The quantitative estimate of drug-likeness (QED) is 0.808. The predicted molar refractivity (Wildman–Crippen MR) is 55.3 cm³/mol. The topological polar surface area (TPSA) is 63.3 Å². The summed E-state index contributed by atoms with van der Waals surface area (Å²) in [5.74, 6) is 0. The summed E-state index contributed by atoms with van der Waals surface area (Å²) in [6.45, 7) is 4.42. The second-order valence-corrected chi connectivity index (χ2v) is 3.42. The molecule has 0 saturated heterocycles. The van der Waals surface area contributed by atoms with Crippen molar-refractivity contribution in [2.75, 3.05) is 0 Å². The van der Waals surface area contributed by atoms with Crippen LogP contribution >= 0.6 is 11.3 Å². The first-order valence-electron chi connectivity index (χ1n) is 4.15. The molecule has 5 heteroatoms. The van der Waals surface area contributed by atoms with Crippen LogP contribution < -0.4 is 5.73 Å². The predicted octanol–water partition coefficient (Wildman–Crippen LogP) is 2.49. The fourth-order valence-electron chi connectivity index (χ4n) is 0.992. The van der Waals surface area contributed by atoms with Crippen molar-refractivity contribution in [2.24, 2.45) is 5.73 Å². The zero-order valence-corrected chi connectivity index (χ0v) is 12.4. The maximum Gasteiger partial charge on any atom is 0.402 e. The Morgan fingerprint density at radius 2 is 2.00 bits per heavy atom. The minimum absolute atomic E-state index is 0. The average molecular weight is 267 g/mol. The number of carboxylic acid groups (broad SMARTS) is 1. The maximum atomic E-state index is 8.78. The fourth-order valence-corrected chi connectivity index (χ4v) is 1.92. The molecule has 0 aliphatic carbocycles. The number of nitrogens with two attached hydrogens (primary N) is 1. The van der Waals surface area contributed by atoms with Gasteiger partial charge in [0, 0.05) is 24.4 Å². The molecule has 0 spiro atoms. The number of primary amides is 1. The first-order valence-corrected chi connectivity index (χ1v) is 5.03. The minimum atomic E-state index is -1.33. The molecular weight excluding hydrogens is 252 g/mol. The molecule has 0 aliphatic heterocycles. The van der Waals surface area contributed by atoms with E-state index >= 15 is 0 Å². The Kier molecular flexibility index (Phi) is 10.5. The molecule has 1 heterocycles. The molecule has 0 unspecified atom stereocenters. The van der Waals surface area contributed by atoms with Gasteiger partial charge in [0.05, 0.1) is 0 Å². The van der Waals surface area contributed by atoms with E-state index in [0.717, 1.165) is 0 Å². The summed E-state index contributed by atoms with van der Waals surface area (Å²) in [5, 5.41) is 9.37. The molecule has 3 nitrogen and oxygen atoms in total. The zero-order chi connectivity index (χ0) is 10.3. The van der Waals surface area contributed by atoms with E-state index in [2.05, 4.69) is 31.0 Å². The SMILES string of the molecule is CCc1ccsc1CC.NC(=O)O.[Zn]. The van der Waals surface area contributed by atoms with Gasteiger partial charge in [0.2, 0.25) is 0 Å². The van der Waals surface area contributed by atoms with Crippen LogP contribution in [0.3, 0.4) is 0 Å². The van der Waals surface area contributed by atoms with Crippen molar-refractivity contribution in [1.82, 2.24) is 0 Å². The summed E-state index contributed by atoms with van der Waals surface area (Å²) in [6, 6.07) is 2.23. The monoisotopic (exact) mass is 265 g/mol. The van der Waals surface area contributed by atoms with Crippen LogP contribution in [0.4, 0.5) is 4.79 Å². The molecule has 0 atom stereocenters. The first-order chi connectivity index (χ1) is 6.11. The first kappa shape index (κ1) is 16.0. The number of hydrogen-bond acceptors (Lipinski definition) is 2. The molecule has 14 heavy (non-hydrogen) atoms. The van der Waals surface area contributed by atoms with Crippen LogP contribution in [0.5, 0.6) is 0 Å². The average Bonchev–Trinajstić information content (AvgIpc) is 2.49. The van der Waals surface area contributed by atoms with Crippen LogP contribution in [-0.4, -0.2) is 11.2 Å². The second kappa shape index (κ2) is 9.16. The molecule has 0 bridgehead atoms. The maximum absolute atomic E-state index is 8.78. The van der Waals surface area contributed by atoms with Gasteiger partial charge in [-0.3, -0.25) is 0 Å². The molecule has 1 aromatic heterocycles. The van der Waals surface area contributed by atoms with Gasteiger partial charge in [-0.05, 0) is 29.9 Å². The molecule has 0 fully saturated rings. The van der Waals surface area contributed by atoms with Crippen molar-refractivity contribution in [3.8, 4) is 0 Å². The van der Waals surface area contributed by atoms with E-state index in [-0.39, 0.29) is 19.5 Å². The third-order valence-electron chi connectivity index (χ3n) is 1.54. The van der Waals surface area contributed by atoms with Crippen molar-refractivity contribution >= 4 is 17.4 Å². The number of thiophene rings is 1. The van der Waals surface area contributed by atoms with Crippen molar-refractivity contribution in [3.05, 3.63) is 21.9 Å². The molecule has 76 valence electrons. The number of aryl methyl sites for hydroxylation is 2. The summed E-state index contributed by atoms with van der Waals surface area (Å²) in [5.41, 5.74) is 5.56. The number of hydrogen-bond donors (Lipinski definition) is 2. The van der Waals surface area contributed by atoms with E-state index in [1.807, 2.05) is 11.3 Å². The summed E-state index contributed by atoms with van der Waals surface area (Å²) in [6.07, 6.45) is 1.05. The van der Waals surface area contributed by atoms with Gasteiger partial charge in [-0.2, -0.15) is 0 Å². The summed E-state index contributed by atoms with van der Waals surface area (Å²) in [7, 11) is 0. The van der Waals surface area contributed by atoms with Crippen molar-refractivity contribution in [3.63, 3.8) is 0 Å². The molecule has 1 aromatic rings. The molecule has 1 amide bonds. The molecule has 0 radical (unpaired) electrons. The molecule has 1 rings (SSSR count). The van der Waals surface area contributed by atoms with E-state index in [9.17, 15) is 0 Å². The minimum Gasteiger partial charge on any atom is -0.465 e. The summed E-state index contributed by atoms with van der Waals surface area (Å²) in [4.78, 5) is 10.3. The third kappa shape index (κ3) is 7.04. The second-order valence-electron chi connectivity index (χ2n) is 2.41. The zero-order valence-electron chi connectivity index (χ0n) is 8.62. The van der Waals surface area contributed by atoms with Crippen LogP contribution in [0.15, 0.2) is 11.4 Å². The largest absolute Gasteiger partial charge is 0.465 e. The Morgan fingerprint density at radius 1 is 1.50 bits per heavy atom. The van der Waals surface area contributed by atoms with Crippen LogP contribution in [-0.2, 0) is 32.3 Å². The Labute approximate surface area is 101 Å². The van der Waals surface area contributed by atoms with Crippen LogP contribution in [0.2, 0.25) is 0 Å². The molecule has 0 aliphatic rings. The van der Waals surface area contributed by atoms with Crippen molar-refractivity contribution in [2.45, 2.75) is 26.7 Å². The number of carbonyl (C=O) groups is 1. The van der Waals surface area contributed by atoms with E-state index in [4.69, 9.17) is 9.90 Å². The number of amides is 1. The Balaban J connectivity index is 0. The molecule has 0 aromatic carbocycles. The number of rotatable bonds is 2. The van der Waals surface area contributed by atoms with Crippen LogP contribution in [0.25, 0.3) is 0 Å². The van der Waals surface area contributed by atoms with Gasteiger partial charge >= 0.3 is 6.09 Å². The smallest absolute Gasteiger partial charge is 0.402 e.